The number of rotatable bonds is 5. The Labute approximate surface area is 147 Å². The molecule has 0 unspecified atom stereocenters. The Morgan fingerprint density at radius 3 is 2.48 bits per heavy atom. The highest BCUT2D eigenvalue weighted by atomic mass is 16.2. The second-order valence-corrected chi connectivity index (χ2v) is 6.95. The Hall–Kier alpha value is -2.62. The standard InChI is InChI=1S/C21H22N2O2/c24-20(23-17-10-11-17)16-7-5-14(6-8-16)13-22-21(25)19-12-9-15-3-1-2-4-18(15)19/h1-8,17,19H,9-13H2,(H,22,25)(H,23,24)/t19-/m1/s1. The molecule has 2 amide bonds. The van der Waals surface area contributed by atoms with Gasteiger partial charge in [-0.25, -0.2) is 0 Å². The fourth-order valence-electron chi connectivity index (χ4n) is 3.41. The molecule has 2 N–H and O–H groups in total. The summed E-state index contributed by atoms with van der Waals surface area (Å²) in [6.07, 6.45) is 4.02. The van der Waals surface area contributed by atoms with E-state index in [1.165, 1.54) is 5.56 Å². The Balaban J connectivity index is 1.33. The van der Waals surface area contributed by atoms with E-state index in [9.17, 15) is 9.59 Å². The van der Waals surface area contributed by atoms with E-state index in [1.807, 2.05) is 36.4 Å². The van der Waals surface area contributed by atoms with E-state index >= 15 is 0 Å². The molecule has 0 spiro atoms. The number of carbonyl (C=O) groups is 2. The first-order chi connectivity index (χ1) is 12.2. The van der Waals surface area contributed by atoms with Crippen LogP contribution in [0.4, 0.5) is 0 Å². The molecule has 4 nitrogen and oxygen atoms in total. The first-order valence-corrected chi connectivity index (χ1v) is 8.96. The van der Waals surface area contributed by atoms with Crippen molar-refractivity contribution in [3.05, 3.63) is 70.8 Å². The summed E-state index contributed by atoms with van der Waals surface area (Å²) in [5.74, 6) is 0.0287. The first kappa shape index (κ1) is 15.9. The largest absolute Gasteiger partial charge is 0.351 e. The number of aryl methyl sites for hydroxylation is 1. The van der Waals surface area contributed by atoms with Crippen LogP contribution in [-0.4, -0.2) is 17.9 Å². The van der Waals surface area contributed by atoms with Gasteiger partial charge in [-0.2, -0.15) is 0 Å². The second-order valence-electron chi connectivity index (χ2n) is 6.95. The first-order valence-electron chi connectivity index (χ1n) is 8.96. The highest BCUT2D eigenvalue weighted by molar-refractivity contribution is 5.94. The second kappa shape index (κ2) is 6.71. The molecular formula is C21H22N2O2. The lowest BCUT2D eigenvalue weighted by Gasteiger charge is -2.12. The SMILES string of the molecule is O=C(NC1CC1)c1ccc(CNC(=O)[C@@H]2CCc3ccccc32)cc1. The van der Waals surface area contributed by atoms with E-state index in [0.717, 1.165) is 36.8 Å². The maximum absolute atomic E-state index is 12.5. The highest BCUT2D eigenvalue weighted by Gasteiger charge is 2.28. The lowest BCUT2D eigenvalue weighted by atomic mass is 10.0. The van der Waals surface area contributed by atoms with Gasteiger partial charge in [-0.15, -0.1) is 0 Å². The summed E-state index contributed by atoms with van der Waals surface area (Å²) in [5, 5.41) is 6.01. The molecule has 0 radical (unpaired) electrons. The summed E-state index contributed by atoms with van der Waals surface area (Å²) >= 11 is 0. The quantitative estimate of drug-likeness (QED) is 0.883. The smallest absolute Gasteiger partial charge is 0.251 e. The van der Waals surface area contributed by atoms with Crippen LogP contribution >= 0.6 is 0 Å². The molecule has 0 aliphatic heterocycles. The number of carbonyl (C=O) groups excluding carboxylic acids is 2. The van der Waals surface area contributed by atoms with Crippen molar-refractivity contribution in [1.29, 1.82) is 0 Å². The van der Waals surface area contributed by atoms with Crippen molar-refractivity contribution in [3.8, 4) is 0 Å². The van der Waals surface area contributed by atoms with Gasteiger partial charge in [-0.1, -0.05) is 36.4 Å². The van der Waals surface area contributed by atoms with E-state index in [1.54, 1.807) is 0 Å². The number of nitrogens with one attached hydrogen (secondary N) is 2. The third-order valence-electron chi connectivity index (χ3n) is 5.04. The Kier molecular flexibility index (Phi) is 4.26. The predicted octanol–water partition coefficient (Wildman–Crippen LogP) is 2.93. The Bertz CT molecular complexity index is 794. The average Bonchev–Trinajstić information content (AvgIpc) is 3.35. The van der Waals surface area contributed by atoms with Gasteiger partial charge in [0.25, 0.3) is 5.91 Å². The summed E-state index contributed by atoms with van der Waals surface area (Å²) in [7, 11) is 0. The summed E-state index contributed by atoms with van der Waals surface area (Å²) < 4.78 is 0. The summed E-state index contributed by atoms with van der Waals surface area (Å²) in [6, 6.07) is 16.0. The van der Waals surface area contributed by atoms with Crippen molar-refractivity contribution >= 4 is 11.8 Å². The summed E-state index contributed by atoms with van der Waals surface area (Å²) in [5.41, 5.74) is 4.12. The lowest BCUT2D eigenvalue weighted by Crippen LogP contribution is -2.28. The van der Waals surface area contributed by atoms with Gasteiger partial charge in [-0.05, 0) is 54.5 Å². The van der Waals surface area contributed by atoms with Crippen LogP contribution < -0.4 is 10.6 Å². The van der Waals surface area contributed by atoms with Gasteiger partial charge < -0.3 is 10.6 Å². The van der Waals surface area contributed by atoms with Crippen LogP contribution in [0.2, 0.25) is 0 Å². The van der Waals surface area contributed by atoms with E-state index in [-0.39, 0.29) is 17.7 Å². The van der Waals surface area contributed by atoms with Gasteiger partial charge in [0.05, 0.1) is 5.92 Å². The molecule has 2 aliphatic rings. The lowest BCUT2D eigenvalue weighted by molar-refractivity contribution is -0.122. The maximum Gasteiger partial charge on any atom is 0.251 e. The van der Waals surface area contributed by atoms with Crippen LogP contribution in [0.25, 0.3) is 0 Å². The molecule has 0 heterocycles. The van der Waals surface area contributed by atoms with E-state index in [4.69, 9.17) is 0 Å². The molecule has 0 bridgehead atoms. The molecular weight excluding hydrogens is 312 g/mol. The van der Waals surface area contributed by atoms with E-state index < -0.39 is 0 Å². The number of amides is 2. The fourth-order valence-corrected chi connectivity index (χ4v) is 3.41. The van der Waals surface area contributed by atoms with Crippen molar-refractivity contribution < 1.29 is 9.59 Å². The zero-order chi connectivity index (χ0) is 17.2. The maximum atomic E-state index is 12.5. The highest BCUT2D eigenvalue weighted by Crippen LogP contribution is 2.32. The van der Waals surface area contributed by atoms with Crippen LogP contribution in [0, 0.1) is 0 Å². The van der Waals surface area contributed by atoms with Crippen molar-refractivity contribution in [2.75, 3.05) is 0 Å². The van der Waals surface area contributed by atoms with Gasteiger partial charge in [-0.3, -0.25) is 9.59 Å². The third-order valence-corrected chi connectivity index (χ3v) is 5.04. The van der Waals surface area contributed by atoms with E-state index in [0.29, 0.717) is 18.2 Å². The molecule has 128 valence electrons. The van der Waals surface area contributed by atoms with Crippen LogP contribution in [0.3, 0.4) is 0 Å². The molecule has 1 atom stereocenters. The molecule has 0 saturated heterocycles. The number of hydrogen-bond donors (Lipinski definition) is 2. The Morgan fingerprint density at radius 1 is 0.960 bits per heavy atom. The van der Waals surface area contributed by atoms with Crippen LogP contribution in [0.1, 0.15) is 52.2 Å². The fraction of sp³-hybridized carbons (Fsp3) is 0.333. The van der Waals surface area contributed by atoms with E-state index in [2.05, 4.69) is 22.8 Å². The minimum absolute atomic E-state index is 0.0133. The zero-order valence-electron chi connectivity index (χ0n) is 14.1. The van der Waals surface area contributed by atoms with Crippen LogP contribution in [-0.2, 0) is 17.8 Å². The van der Waals surface area contributed by atoms with Gasteiger partial charge in [0.15, 0.2) is 0 Å². The molecule has 4 rings (SSSR count). The van der Waals surface area contributed by atoms with Crippen molar-refractivity contribution in [1.82, 2.24) is 10.6 Å². The number of fused-ring (bicyclic) bond motifs is 1. The van der Waals surface area contributed by atoms with Gasteiger partial charge in [0, 0.05) is 18.2 Å². The number of benzene rings is 2. The topological polar surface area (TPSA) is 58.2 Å². The Morgan fingerprint density at radius 2 is 1.72 bits per heavy atom. The van der Waals surface area contributed by atoms with Crippen LogP contribution in [0.15, 0.2) is 48.5 Å². The summed E-state index contributed by atoms with van der Waals surface area (Å²) in [6.45, 7) is 0.488. The summed E-state index contributed by atoms with van der Waals surface area (Å²) in [4.78, 5) is 24.5. The van der Waals surface area contributed by atoms with Gasteiger partial charge in [0.1, 0.15) is 0 Å². The molecule has 2 aromatic carbocycles. The number of hydrogen-bond acceptors (Lipinski definition) is 2. The zero-order valence-corrected chi connectivity index (χ0v) is 14.1. The molecule has 0 aromatic heterocycles. The minimum atomic E-state index is -0.0419. The minimum Gasteiger partial charge on any atom is -0.351 e. The predicted molar refractivity (Wildman–Crippen MR) is 96.3 cm³/mol. The molecule has 25 heavy (non-hydrogen) atoms. The van der Waals surface area contributed by atoms with Crippen LogP contribution in [0.5, 0.6) is 0 Å². The van der Waals surface area contributed by atoms with Crippen molar-refractivity contribution in [3.63, 3.8) is 0 Å². The molecule has 4 heteroatoms. The molecule has 1 saturated carbocycles. The molecule has 2 aromatic rings. The third kappa shape index (κ3) is 3.58. The van der Waals surface area contributed by atoms with Gasteiger partial charge in [0.2, 0.25) is 5.91 Å². The normalized spacial score (nSPS) is 18.5. The van der Waals surface area contributed by atoms with Crippen molar-refractivity contribution in [2.45, 2.75) is 44.2 Å². The molecule has 1 fully saturated rings. The molecule has 2 aliphatic carbocycles. The monoisotopic (exact) mass is 334 g/mol. The van der Waals surface area contributed by atoms with Crippen molar-refractivity contribution in [2.24, 2.45) is 0 Å². The van der Waals surface area contributed by atoms with Gasteiger partial charge >= 0.3 is 0 Å². The average molecular weight is 334 g/mol.